The fraction of sp³-hybridized carbons (Fsp3) is 0.0417. The molecule has 4 aromatic carbocycles. The fourth-order valence-electron chi connectivity index (χ4n) is 3.44. The lowest BCUT2D eigenvalue weighted by Gasteiger charge is -2.14. The van der Waals surface area contributed by atoms with Crippen molar-refractivity contribution in [1.29, 1.82) is 0 Å². The molecule has 5 rings (SSSR count). The number of fused-ring (bicyclic) bond motifs is 2. The third-order valence-electron chi connectivity index (χ3n) is 5.07. The van der Waals surface area contributed by atoms with Crippen LogP contribution in [0.3, 0.4) is 0 Å². The van der Waals surface area contributed by atoms with Crippen LogP contribution in [0.15, 0.2) is 98.3 Å². The average Bonchev–Trinajstić information content (AvgIpc) is 3.24. The highest BCUT2D eigenvalue weighted by Gasteiger charge is 2.20. The molecular formula is C24H18N2O5S2. The number of ether oxygens (including phenoxy) is 1. The summed E-state index contributed by atoms with van der Waals surface area (Å²) in [5.74, 6) is 0.575. The number of hydrogen-bond donors (Lipinski definition) is 2. The molecule has 9 heteroatoms. The van der Waals surface area contributed by atoms with E-state index >= 15 is 0 Å². The SMILES string of the molecule is COc1ccc(S(=O)(=O)Nc2cc(Sc3nc4ccccc4o3)c(O)c3ccccc23)cc1. The molecule has 0 aliphatic heterocycles. The Morgan fingerprint density at radius 2 is 1.67 bits per heavy atom. The van der Waals surface area contributed by atoms with Gasteiger partial charge in [-0.1, -0.05) is 36.4 Å². The summed E-state index contributed by atoms with van der Waals surface area (Å²) < 4.78 is 39.6. The van der Waals surface area contributed by atoms with Gasteiger partial charge in [-0.25, -0.2) is 13.4 Å². The lowest BCUT2D eigenvalue weighted by molar-refractivity contribution is 0.414. The largest absolute Gasteiger partial charge is 0.506 e. The van der Waals surface area contributed by atoms with E-state index in [1.807, 2.05) is 18.2 Å². The molecule has 0 bridgehead atoms. The number of para-hydroxylation sites is 2. The van der Waals surface area contributed by atoms with E-state index in [9.17, 15) is 13.5 Å². The summed E-state index contributed by atoms with van der Waals surface area (Å²) in [5.41, 5.74) is 1.65. The van der Waals surface area contributed by atoms with Gasteiger partial charge >= 0.3 is 0 Å². The van der Waals surface area contributed by atoms with Gasteiger partial charge in [0.15, 0.2) is 5.58 Å². The molecule has 7 nitrogen and oxygen atoms in total. The van der Waals surface area contributed by atoms with Gasteiger partial charge in [-0.2, -0.15) is 0 Å². The molecule has 0 saturated carbocycles. The maximum atomic E-state index is 13.1. The van der Waals surface area contributed by atoms with Gasteiger partial charge in [0.25, 0.3) is 15.2 Å². The van der Waals surface area contributed by atoms with E-state index < -0.39 is 10.0 Å². The van der Waals surface area contributed by atoms with E-state index in [0.29, 0.717) is 43.4 Å². The number of oxazole rings is 1. The molecule has 33 heavy (non-hydrogen) atoms. The van der Waals surface area contributed by atoms with Crippen molar-refractivity contribution in [2.24, 2.45) is 0 Å². The number of hydrogen-bond acceptors (Lipinski definition) is 7. The van der Waals surface area contributed by atoms with Crippen LogP contribution in [0.25, 0.3) is 21.9 Å². The summed E-state index contributed by atoms with van der Waals surface area (Å²) in [6, 6.07) is 22.1. The number of anilines is 1. The number of aromatic hydroxyl groups is 1. The van der Waals surface area contributed by atoms with Crippen LogP contribution < -0.4 is 9.46 Å². The summed E-state index contributed by atoms with van der Waals surface area (Å²) in [7, 11) is -2.37. The van der Waals surface area contributed by atoms with Crippen LogP contribution in [0.2, 0.25) is 0 Å². The number of methoxy groups -OCH3 is 1. The monoisotopic (exact) mass is 478 g/mol. The zero-order valence-corrected chi connectivity index (χ0v) is 19.0. The lowest BCUT2D eigenvalue weighted by atomic mass is 10.1. The van der Waals surface area contributed by atoms with E-state index in [2.05, 4.69) is 9.71 Å². The molecule has 0 atom stereocenters. The quantitative estimate of drug-likeness (QED) is 0.304. The maximum Gasteiger partial charge on any atom is 0.261 e. The van der Waals surface area contributed by atoms with Crippen LogP contribution in [-0.4, -0.2) is 25.6 Å². The van der Waals surface area contributed by atoms with Crippen molar-refractivity contribution in [2.75, 3.05) is 11.8 Å². The summed E-state index contributed by atoms with van der Waals surface area (Å²) in [5, 5.41) is 12.3. The number of phenolic OH excluding ortho intramolecular Hbond substituents is 1. The molecule has 1 aromatic heterocycles. The predicted octanol–water partition coefficient (Wildman–Crippen LogP) is 5.65. The Bertz CT molecular complexity index is 1550. The van der Waals surface area contributed by atoms with Gasteiger partial charge in [-0.15, -0.1) is 0 Å². The standard InChI is InChI=1S/C24H18N2O5S2/c1-30-15-10-12-16(13-11-15)33(28,29)26-20-14-22(23(27)18-7-3-2-6-17(18)20)32-24-25-19-8-4-5-9-21(19)31-24/h2-14,26-27H,1H3. The van der Waals surface area contributed by atoms with Gasteiger partial charge in [-0.05, 0) is 54.2 Å². The Kier molecular flexibility index (Phi) is 5.35. The second-order valence-electron chi connectivity index (χ2n) is 7.15. The molecule has 0 aliphatic carbocycles. The third-order valence-corrected chi connectivity index (χ3v) is 7.33. The summed E-state index contributed by atoms with van der Waals surface area (Å²) in [4.78, 5) is 4.93. The third kappa shape index (κ3) is 4.08. The molecule has 0 radical (unpaired) electrons. The van der Waals surface area contributed by atoms with Crippen LogP contribution in [0.1, 0.15) is 0 Å². The topological polar surface area (TPSA) is 102 Å². The molecule has 0 fully saturated rings. The molecule has 0 spiro atoms. The minimum absolute atomic E-state index is 0.0188. The summed E-state index contributed by atoms with van der Waals surface area (Å²) in [6.07, 6.45) is 0. The molecular weight excluding hydrogens is 460 g/mol. The summed E-state index contributed by atoms with van der Waals surface area (Å²) >= 11 is 1.12. The highest BCUT2D eigenvalue weighted by Crippen LogP contribution is 2.43. The van der Waals surface area contributed by atoms with E-state index in [1.54, 1.807) is 48.5 Å². The Labute approximate surface area is 194 Å². The first-order chi connectivity index (χ1) is 15.9. The van der Waals surface area contributed by atoms with Crippen molar-refractivity contribution < 1.29 is 22.7 Å². The van der Waals surface area contributed by atoms with Gasteiger partial charge in [-0.3, -0.25) is 4.72 Å². The second kappa shape index (κ2) is 8.34. The highest BCUT2D eigenvalue weighted by atomic mass is 32.2. The number of nitrogens with one attached hydrogen (secondary N) is 1. The number of benzene rings is 4. The Balaban J connectivity index is 1.57. The van der Waals surface area contributed by atoms with E-state index in [-0.39, 0.29) is 10.6 Å². The smallest absolute Gasteiger partial charge is 0.261 e. The van der Waals surface area contributed by atoms with Crippen molar-refractivity contribution >= 4 is 49.3 Å². The molecule has 0 amide bonds. The van der Waals surface area contributed by atoms with E-state index in [1.165, 1.54) is 19.2 Å². The lowest BCUT2D eigenvalue weighted by Crippen LogP contribution is -2.13. The van der Waals surface area contributed by atoms with Crippen molar-refractivity contribution in [3.05, 3.63) is 78.9 Å². The van der Waals surface area contributed by atoms with Crippen molar-refractivity contribution in [3.8, 4) is 11.5 Å². The molecule has 0 aliphatic rings. The normalized spacial score (nSPS) is 11.7. The summed E-state index contributed by atoms with van der Waals surface area (Å²) in [6.45, 7) is 0. The van der Waals surface area contributed by atoms with Crippen molar-refractivity contribution in [3.63, 3.8) is 0 Å². The number of aromatic nitrogens is 1. The molecule has 0 unspecified atom stereocenters. The minimum atomic E-state index is -3.89. The van der Waals surface area contributed by atoms with Gasteiger partial charge < -0.3 is 14.3 Å². The Morgan fingerprint density at radius 3 is 2.39 bits per heavy atom. The van der Waals surface area contributed by atoms with Crippen molar-refractivity contribution in [2.45, 2.75) is 15.0 Å². The number of nitrogens with zero attached hydrogens (tertiary/aromatic N) is 1. The Morgan fingerprint density at radius 1 is 0.970 bits per heavy atom. The average molecular weight is 479 g/mol. The molecule has 0 saturated heterocycles. The van der Waals surface area contributed by atoms with Gasteiger partial charge in [0, 0.05) is 10.8 Å². The van der Waals surface area contributed by atoms with Crippen LogP contribution >= 0.6 is 11.8 Å². The zero-order chi connectivity index (χ0) is 23.0. The van der Waals surface area contributed by atoms with Crippen LogP contribution in [0.4, 0.5) is 5.69 Å². The maximum absolute atomic E-state index is 13.1. The molecule has 5 aromatic rings. The minimum Gasteiger partial charge on any atom is -0.506 e. The zero-order valence-electron chi connectivity index (χ0n) is 17.3. The van der Waals surface area contributed by atoms with Gasteiger partial charge in [0.2, 0.25) is 0 Å². The number of sulfonamides is 1. The molecule has 166 valence electrons. The second-order valence-corrected chi connectivity index (χ2v) is 9.82. The first kappa shape index (κ1) is 21.2. The Hall–Kier alpha value is -3.69. The van der Waals surface area contributed by atoms with Crippen LogP contribution in [0, 0.1) is 0 Å². The van der Waals surface area contributed by atoms with Crippen molar-refractivity contribution in [1.82, 2.24) is 4.98 Å². The van der Waals surface area contributed by atoms with Gasteiger partial charge in [0.1, 0.15) is 17.0 Å². The first-order valence-corrected chi connectivity index (χ1v) is 12.2. The van der Waals surface area contributed by atoms with E-state index in [0.717, 1.165) is 11.8 Å². The molecule has 1 heterocycles. The van der Waals surface area contributed by atoms with Crippen LogP contribution in [0.5, 0.6) is 11.5 Å². The predicted molar refractivity (Wildman–Crippen MR) is 128 cm³/mol. The van der Waals surface area contributed by atoms with Crippen LogP contribution in [-0.2, 0) is 10.0 Å². The number of phenols is 1. The van der Waals surface area contributed by atoms with E-state index in [4.69, 9.17) is 9.15 Å². The van der Waals surface area contributed by atoms with Gasteiger partial charge in [0.05, 0.1) is 22.6 Å². The first-order valence-electron chi connectivity index (χ1n) is 9.89. The molecule has 2 N–H and O–H groups in total. The number of rotatable bonds is 6. The fourth-order valence-corrected chi connectivity index (χ4v) is 5.36. The highest BCUT2D eigenvalue weighted by molar-refractivity contribution is 7.99.